The van der Waals surface area contributed by atoms with Crippen molar-refractivity contribution in [1.29, 1.82) is 0 Å². The summed E-state index contributed by atoms with van der Waals surface area (Å²) in [5.74, 6) is 0. The molecule has 0 fully saturated rings. The summed E-state index contributed by atoms with van der Waals surface area (Å²) in [5.41, 5.74) is 0. The number of allylic oxidation sites excluding steroid dienone is 6. The van der Waals surface area contributed by atoms with E-state index in [1.54, 1.807) is 0 Å². The third-order valence-corrected chi connectivity index (χ3v) is 3.95. The molecule has 0 atom stereocenters. The zero-order valence-electron chi connectivity index (χ0n) is 9.37. The molecule has 0 unspecified atom stereocenters. The molecule has 15 heavy (non-hydrogen) atoms. The van der Waals surface area contributed by atoms with Crippen molar-refractivity contribution in [2.45, 2.75) is 26.7 Å². The predicted molar refractivity (Wildman–Crippen MR) is 63.9 cm³/mol. The second kappa shape index (κ2) is 11.3. The molecule has 0 saturated heterocycles. The van der Waals surface area contributed by atoms with Gasteiger partial charge in [0, 0.05) is 0 Å². The van der Waals surface area contributed by atoms with Crippen molar-refractivity contribution in [2.24, 2.45) is 0 Å². The van der Waals surface area contributed by atoms with Gasteiger partial charge in [-0.25, -0.2) is 0 Å². The van der Waals surface area contributed by atoms with Gasteiger partial charge in [-0.1, -0.05) is 0 Å². The third kappa shape index (κ3) is 9.56. The second-order valence-corrected chi connectivity index (χ2v) is 6.04. The molecule has 85 valence electrons. The molecule has 0 amide bonds. The fourth-order valence-corrected chi connectivity index (χ4v) is 2.38. The molecule has 0 aliphatic carbocycles. The first kappa shape index (κ1) is 14.3. The van der Waals surface area contributed by atoms with Crippen LogP contribution in [-0.4, -0.2) is 4.88 Å². The Hall–Kier alpha value is -0.747. The quantitative estimate of drug-likeness (QED) is 0.397. The van der Waals surface area contributed by atoms with Crippen LogP contribution in [0.4, 0.5) is 0 Å². The molecule has 0 radical (unpaired) electrons. The van der Waals surface area contributed by atoms with E-state index in [1.807, 2.05) is 33.6 Å². The summed E-state index contributed by atoms with van der Waals surface area (Å²) in [4.78, 5) is 11.8. The number of carbonyl (C=O) groups is 1. The Morgan fingerprint density at radius 1 is 0.867 bits per heavy atom. The molecule has 0 aromatic heterocycles. The molecular formula is C13H19ORu. The van der Waals surface area contributed by atoms with Crippen LogP contribution in [0.3, 0.4) is 0 Å². The molecule has 1 nitrogen and oxygen atoms in total. The molecule has 0 rings (SSSR count). The summed E-state index contributed by atoms with van der Waals surface area (Å²) < 4.78 is 4.06. The van der Waals surface area contributed by atoms with Gasteiger partial charge >= 0.3 is 98.1 Å². The topological polar surface area (TPSA) is 17.1 Å². The minimum absolute atomic E-state index is 1.03. The van der Waals surface area contributed by atoms with Crippen molar-refractivity contribution in [1.82, 2.24) is 0 Å². The van der Waals surface area contributed by atoms with Gasteiger partial charge in [0.15, 0.2) is 0 Å². The van der Waals surface area contributed by atoms with Crippen molar-refractivity contribution in [3.63, 3.8) is 0 Å². The first-order valence-electron chi connectivity index (χ1n) is 5.08. The fraction of sp³-hybridized carbons (Fsp3) is 0.308. The molecule has 0 N–H and O–H groups in total. The van der Waals surface area contributed by atoms with E-state index in [0.29, 0.717) is 0 Å². The van der Waals surface area contributed by atoms with Gasteiger partial charge in [0.05, 0.1) is 0 Å². The third-order valence-electron chi connectivity index (χ3n) is 1.47. The Balaban J connectivity index is 4.07. The molecule has 0 spiro atoms. The zero-order valence-corrected chi connectivity index (χ0v) is 11.1. The molecule has 0 bridgehead atoms. The first-order valence-corrected chi connectivity index (χ1v) is 8.09. The molecular weight excluding hydrogens is 273 g/mol. The van der Waals surface area contributed by atoms with E-state index >= 15 is 0 Å². The standard InChI is InChI=1S/2C6H9.CHO.Ru/c2*1-3-5-6-4-2;1-2;/h2*1,3,5-6H,4H2,2H3;1H;. The van der Waals surface area contributed by atoms with Crippen LogP contribution in [-0.2, 0) is 20.7 Å². The summed E-state index contributed by atoms with van der Waals surface area (Å²) in [6.07, 6.45) is 14.2. The molecule has 0 aromatic carbocycles. The summed E-state index contributed by atoms with van der Waals surface area (Å²) in [6.45, 7) is 4.18. The van der Waals surface area contributed by atoms with Crippen LogP contribution in [0.5, 0.6) is 0 Å². The van der Waals surface area contributed by atoms with E-state index < -0.39 is 16.0 Å². The normalized spacial score (nSPS) is 13.6. The summed E-state index contributed by atoms with van der Waals surface area (Å²) in [6, 6.07) is 0. The molecule has 0 saturated carbocycles. The molecule has 0 aliphatic rings. The first-order chi connectivity index (χ1) is 7.35. The van der Waals surface area contributed by atoms with E-state index in [1.165, 1.54) is 0 Å². The van der Waals surface area contributed by atoms with Gasteiger partial charge in [0.25, 0.3) is 0 Å². The van der Waals surface area contributed by atoms with Gasteiger partial charge in [-0.3, -0.25) is 0 Å². The summed E-state index contributed by atoms with van der Waals surface area (Å²) in [7, 11) is 0. The van der Waals surface area contributed by atoms with Crippen molar-refractivity contribution >= 4 is 4.88 Å². The Labute approximate surface area is 98.2 Å². The van der Waals surface area contributed by atoms with Crippen molar-refractivity contribution in [2.75, 3.05) is 0 Å². The number of hydrogen-bond acceptors (Lipinski definition) is 1. The second-order valence-electron chi connectivity index (χ2n) is 2.73. The number of hydrogen-bond donors (Lipinski definition) is 0. The number of rotatable bonds is 7. The van der Waals surface area contributed by atoms with Gasteiger partial charge in [-0.2, -0.15) is 0 Å². The Bertz CT molecular complexity index is 238. The summed E-state index contributed by atoms with van der Waals surface area (Å²) >= 11 is -1.48. The van der Waals surface area contributed by atoms with Gasteiger partial charge < -0.3 is 0 Å². The van der Waals surface area contributed by atoms with E-state index in [2.05, 4.69) is 26.0 Å². The predicted octanol–water partition coefficient (Wildman–Crippen LogP) is 3.75. The van der Waals surface area contributed by atoms with Crippen LogP contribution < -0.4 is 0 Å². The van der Waals surface area contributed by atoms with E-state index in [0.717, 1.165) is 17.7 Å². The van der Waals surface area contributed by atoms with Crippen LogP contribution in [0, 0.1) is 0 Å². The SMILES string of the molecule is CCC=CC=[CH][Ru]([CH]=O)[CH]=CC=CCC. The Kier molecular flexibility index (Phi) is 10.8. The van der Waals surface area contributed by atoms with Crippen LogP contribution in [0.25, 0.3) is 0 Å². The van der Waals surface area contributed by atoms with Gasteiger partial charge in [0.1, 0.15) is 0 Å². The van der Waals surface area contributed by atoms with E-state index in [9.17, 15) is 4.79 Å². The molecule has 0 heterocycles. The maximum absolute atomic E-state index is 10.7. The van der Waals surface area contributed by atoms with E-state index in [-0.39, 0.29) is 0 Å². The molecule has 0 aromatic rings. The van der Waals surface area contributed by atoms with Crippen LogP contribution in [0.15, 0.2) is 45.8 Å². The average Bonchev–Trinajstić information content (AvgIpc) is 2.27. The van der Waals surface area contributed by atoms with Gasteiger partial charge in [-0.05, 0) is 0 Å². The number of carbonyl (C=O) groups excluding carboxylic acids is 1. The molecule has 0 aliphatic heterocycles. The van der Waals surface area contributed by atoms with Gasteiger partial charge in [0.2, 0.25) is 0 Å². The van der Waals surface area contributed by atoms with Crippen molar-refractivity contribution in [3.05, 3.63) is 45.8 Å². The average molecular weight is 292 g/mol. The van der Waals surface area contributed by atoms with Crippen molar-refractivity contribution in [3.8, 4) is 0 Å². The van der Waals surface area contributed by atoms with Crippen LogP contribution in [0.1, 0.15) is 26.7 Å². The minimum atomic E-state index is -1.48. The van der Waals surface area contributed by atoms with Crippen molar-refractivity contribution < 1.29 is 20.7 Å². The molecule has 2 heteroatoms. The maximum atomic E-state index is 10.7. The Morgan fingerprint density at radius 3 is 1.67 bits per heavy atom. The van der Waals surface area contributed by atoms with Crippen LogP contribution >= 0.6 is 0 Å². The Morgan fingerprint density at radius 2 is 1.33 bits per heavy atom. The monoisotopic (exact) mass is 293 g/mol. The van der Waals surface area contributed by atoms with Gasteiger partial charge in [-0.15, -0.1) is 0 Å². The summed E-state index contributed by atoms with van der Waals surface area (Å²) in [5, 5.41) is 0. The fourth-order valence-electron chi connectivity index (χ4n) is 0.760. The van der Waals surface area contributed by atoms with Crippen LogP contribution in [0.2, 0.25) is 0 Å². The zero-order chi connectivity index (χ0) is 11.4. The van der Waals surface area contributed by atoms with E-state index in [4.69, 9.17) is 0 Å².